The topological polar surface area (TPSA) is 336 Å². The van der Waals surface area contributed by atoms with Crippen molar-refractivity contribution < 1.29 is 73.9 Å². The van der Waals surface area contributed by atoms with Crippen LogP contribution in [0, 0.1) is 30.6 Å². The van der Waals surface area contributed by atoms with Gasteiger partial charge in [-0.05, 0) is 218 Å². The summed E-state index contributed by atoms with van der Waals surface area (Å²) in [6.45, 7) is 12.3. The number of rotatable bonds is 56. The SMILES string of the molecule is CCCCCCCCCCCCOc1ccc(-c2cc(-c3ccccn3)n[nH]2)cc1.CCCCCCCCCCCCOc1ccc(-c2cc(-c3ccccn3)n[nH]2)cc1.CCCCCCCCCCCCOc1ccc(-c2cc(-c3ccccn3)n[nH]2)cc1.CCCCCCCCCCCCOc1ccc(-c2cc(-c3ccccn3)n[nH]2)cc1.ClCCl.ClCCl.O=[N+]([O-])[O-].O=[N+]([O-])[O-].[Ag+].[Ag+]. The van der Waals surface area contributed by atoms with Gasteiger partial charge in [0.15, 0.2) is 0 Å². The molecule has 748 valence electrons. The zero-order chi connectivity index (χ0) is 96.0. The fourth-order valence-electron chi connectivity index (χ4n) is 14.5. The molecule has 0 aliphatic rings. The van der Waals surface area contributed by atoms with E-state index in [1.807, 2.05) is 146 Å². The van der Waals surface area contributed by atoms with E-state index >= 15 is 0 Å². The van der Waals surface area contributed by atoms with E-state index in [0.29, 0.717) is 0 Å². The number of nitrogens with zero attached hydrogens (tertiary/aromatic N) is 10. The fourth-order valence-corrected chi connectivity index (χ4v) is 14.5. The summed E-state index contributed by atoms with van der Waals surface area (Å²) in [6, 6.07) is 64.3. The molecule has 0 amide bonds. The molecule has 0 aliphatic carbocycles. The van der Waals surface area contributed by atoms with Gasteiger partial charge in [0, 0.05) is 24.8 Å². The molecule has 8 heterocycles. The van der Waals surface area contributed by atoms with E-state index in [1.165, 1.54) is 231 Å². The predicted octanol–water partition coefficient (Wildman–Crippen LogP) is 32.1. The molecular weight excluding hydrogens is 1990 g/mol. The van der Waals surface area contributed by atoms with Gasteiger partial charge in [0.05, 0.1) is 92.8 Å². The van der Waals surface area contributed by atoms with Crippen LogP contribution in [0.25, 0.3) is 90.6 Å². The number of benzene rings is 4. The van der Waals surface area contributed by atoms with Gasteiger partial charge in [0.1, 0.15) is 45.8 Å². The summed E-state index contributed by atoms with van der Waals surface area (Å²) >= 11 is 19.1. The summed E-state index contributed by atoms with van der Waals surface area (Å²) < 4.78 is 23.6. The molecule has 0 fully saturated rings. The van der Waals surface area contributed by atoms with Crippen molar-refractivity contribution in [1.29, 1.82) is 0 Å². The summed E-state index contributed by atoms with van der Waals surface area (Å²) in [5.74, 6) is 3.72. The Bertz CT molecular complexity index is 4190. The standard InChI is InChI=1S/4C26H35N3O.2CH2Cl2.2Ag.2NO3/c4*1-2-3-4-5-6-7-8-9-10-13-20-30-23-17-15-22(16-18-23)25-21-26(29-28-25)24-14-11-12-19-27-24;2*2-1-3;;;2*2-1(3)4/h4*11-12,14-19,21H,2-10,13,20H2,1H3,(H,28,29);2*1H2;;;;/q;;;;;;2*+1;2*-1. The van der Waals surface area contributed by atoms with Crippen LogP contribution < -0.4 is 18.9 Å². The van der Waals surface area contributed by atoms with Crippen LogP contribution in [-0.4, -0.2) is 108 Å². The van der Waals surface area contributed by atoms with E-state index in [1.54, 1.807) is 24.8 Å². The molecule has 4 aromatic carbocycles. The molecule has 0 bridgehead atoms. The minimum absolute atomic E-state index is 0. The Morgan fingerprint density at radius 3 is 0.544 bits per heavy atom. The Hall–Kier alpha value is -9.44. The number of halogens is 4. The molecule has 0 aliphatic heterocycles. The summed E-state index contributed by atoms with van der Waals surface area (Å²) in [5, 5.41) is 59.8. The van der Waals surface area contributed by atoms with Crippen LogP contribution in [0.15, 0.2) is 219 Å². The normalized spacial score (nSPS) is 10.3. The number of ether oxygens (including phenoxy) is 4. The number of aromatic nitrogens is 12. The second kappa shape index (κ2) is 81.5. The Balaban J connectivity index is 0.000000443. The average molecular weight is 2130 g/mol. The fraction of sp³-hybridized carbons (Fsp3) is 0.472. The molecule has 12 rings (SSSR count). The van der Waals surface area contributed by atoms with Crippen molar-refractivity contribution in [1.82, 2.24) is 60.7 Å². The van der Waals surface area contributed by atoms with Gasteiger partial charge in [-0.15, -0.1) is 46.4 Å². The number of alkyl halides is 4. The van der Waals surface area contributed by atoms with E-state index in [4.69, 9.17) is 96.0 Å². The molecule has 0 spiro atoms. The van der Waals surface area contributed by atoms with E-state index in [-0.39, 0.29) is 55.4 Å². The first-order chi connectivity index (χ1) is 65.8. The van der Waals surface area contributed by atoms with Crippen LogP contribution in [-0.2, 0) is 44.8 Å². The van der Waals surface area contributed by atoms with E-state index in [9.17, 15) is 0 Å². The third-order valence-electron chi connectivity index (χ3n) is 21.7. The number of aromatic amines is 4. The van der Waals surface area contributed by atoms with Crippen molar-refractivity contribution in [3.63, 3.8) is 0 Å². The molecule has 4 N–H and O–H groups in total. The van der Waals surface area contributed by atoms with Crippen LogP contribution in [0.1, 0.15) is 285 Å². The molecule has 12 aromatic rings. The minimum atomic E-state index is -1.75. The van der Waals surface area contributed by atoms with E-state index in [2.05, 4.69) is 137 Å². The first kappa shape index (κ1) is 121. The molecule has 0 saturated heterocycles. The maximum atomic E-state index is 8.25. The van der Waals surface area contributed by atoms with Crippen LogP contribution in [0.5, 0.6) is 23.0 Å². The van der Waals surface area contributed by atoms with Gasteiger partial charge in [-0.2, -0.15) is 20.4 Å². The zero-order valence-electron chi connectivity index (χ0n) is 80.0. The predicted molar refractivity (Wildman–Crippen MR) is 552 cm³/mol. The monoisotopic (exact) mass is 2130 g/mol. The number of pyridine rings is 4. The first-order valence-corrected chi connectivity index (χ1v) is 50.6. The van der Waals surface area contributed by atoms with Gasteiger partial charge in [-0.3, -0.25) is 40.3 Å². The van der Waals surface area contributed by atoms with Crippen LogP contribution in [0.4, 0.5) is 0 Å². The second-order valence-corrected chi connectivity index (χ2v) is 34.0. The molecule has 24 nitrogen and oxygen atoms in total. The van der Waals surface area contributed by atoms with Gasteiger partial charge in [0.2, 0.25) is 0 Å². The molecular formula is C106H144Ag2Cl4N14O10. The quantitative estimate of drug-likeness (QED) is 0.00904. The summed E-state index contributed by atoms with van der Waals surface area (Å²) in [7, 11) is 0. The third-order valence-corrected chi connectivity index (χ3v) is 21.7. The first-order valence-electron chi connectivity index (χ1n) is 48.4. The number of unbranched alkanes of at least 4 members (excludes halogenated alkanes) is 36. The smallest absolute Gasteiger partial charge is 0.494 e. The average Bonchev–Trinajstić information content (AvgIpc) is 1.66. The zero-order valence-corrected chi connectivity index (χ0v) is 86.0. The van der Waals surface area contributed by atoms with E-state index in [0.717, 1.165) is 166 Å². The van der Waals surface area contributed by atoms with Gasteiger partial charge in [-0.25, -0.2) is 0 Å². The second-order valence-electron chi connectivity index (χ2n) is 32.4. The van der Waals surface area contributed by atoms with Crippen molar-refractivity contribution in [2.24, 2.45) is 0 Å². The molecule has 8 aromatic heterocycles. The third kappa shape index (κ3) is 57.1. The Labute approximate surface area is 859 Å². The largest absolute Gasteiger partial charge is 1.00 e. The Morgan fingerprint density at radius 2 is 0.397 bits per heavy atom. The summed E-state index contributed by atoms with van der Waals surface area (Å²) in [6.07, 6.45) is 60.9. The van der Waals surface area contributed by atoms with Crippen molar-refractivity contribution >= 4 is 46.4 Å². The number of H-pyrrole nitrogens is 4. The summed E-state index contributed by atoms with van der Waals surface area (Å²) in [4.78, 5) is 33.9. The number of hydrogen-bond acceptors (Lipinski definition) is 18. The number of nitrogens with one attached hydrogen (secondary N) is 4. The maximum absolute atomic E-state index is 8.25. The number of hydrogen-bond donors (Lipinski definition) is 4. The van der Waals surface area contributed by atoms with Gasteiger partial charge in [0.25, 0.3) is 0 Å². The molecule has 0 unspecified atom stereocenters. The van der Waals surface area contributed by atoms with E-state index < -0.39 is 10.2 Å². The van der Waals surface area contributed by atoms with Gasteiger partial charge < -0.3 is 49.6 Å². The van der Waals surface area contributed by atoms with Crippen molar-refractivity contribution in [3.05, 3.63) is 250 Å². The Kier molecular flexibility index (Phi) is 72.4. The summed E-state index contributed by atoms with van der Waals surface area (Å²) in [5.41, 5.74) is 15.2. The van der Waals surface area contributed by atoms with Crippen LogP contribution >= 0.6 is 46.4 Å². The Morgan fingerprint density at radius 1 is 0.243 bits per heavy atom. The van der Waals surface area contributed by atoms with Gasteiger partial charge >= 0.3 is 44.8 Å². The van der Waals surface area contributed by atoms with Crippen molar-refractivity contribution in [2.45, 2.75) is 285 Å². The molecule has 0 saturated carbocycles. The molecule has 0 atom stereocenters. The molecule has 30 heteroatoms. The minimum Gasteiger partial charge on any atom is -0.494 e. The molecule has 136 heavy (non-hydrogen) atoms. The van der Waals surface area contributed by atoms with Crippen LogP contribution in [0.2, 0.25) is 0 Å². The molecule has 0 radical (unpaired) electrons. The van der Waals surface area contributed by atoms with Crippen molar-refractivity contribution in [2.75, 3.05) is 37.1 Å². The van der Waals surface area contributed by atoms with Gasteiger partial charge in [-0.1, -0.05) is 283 Å². The maximum Gasteiger partial charge on any atom is 1.00 e. The van der Waals surface area contributed by atoms with Crippen LogP contribution in [0.3, 0.4) is 0 Å². The van der Waals surface area contributed by atoms with Crippen molar-refractivity contribution in [3.8, 4) is 114 Å².